The Labute approximate surface area is 169 Å². The van der Waals surface area contributed by atoms with Crippen molar-refractivity contribution in [1.82, 2.24) is 10.3 Å². The molecule has 28 heavy (non-hydrogen) atoms. The number of oxazole rings is 1. The number of nitrogens with zero attached hydrogens (tertiary/aromatic N) is 1. The third kappa shape index (κ3) is 4.80. The molecule has 1 amide bonds. The number of halogens is 1. The summed E-state index contributed by atoms with van der Waals surface area (Å²) in [5.41, 5.74) is 2.04. The van der Waals surface area contributed by atoms with Crippen LogP contribution in [0.3, 0.4) is 0 Å². The van der Waals surface area contributed by atoms with Crippen LogP contribution in [0.4, 0.5) is 0 Å². The van der Waals surface area contributed by atoms with Gasteiger partial charge in [-0.15, -0.1) is 0 Å². The van der Waals surface area contributed by atoms with Crippen molar-refractivity contribution in [2.75, 3.05) is 6.54 Å². The van der Waals surface area contributed by atoms with Crippen molar-refractivity contribution >= 4 is 17.5 Å². The second kappa shape index (κ2) is 8.17. The molecule has 0 aliphatic rings. The Morgan fingerprint density at radius 1 is 1.21 bits per heavy atom. The number of amides is 1. The van der Waals surface area contributed by atoms with Crippen LogP contribution >= 0.6 is 11.6 Å². The Balaban J connectivity index is 1.64. The Bertz CT molecular complexity index is 978. The first kappa shape index (κ1) is 20.1. The van der Waals surface area contributed by atoms with Crippen molar-refractivity contribution in [3.63, 3.8) is 0 Å². The van der Waals surface area contributed by atoms with Gasteiger partial charge in [0.1, 0.15) is 11.4 Å². The molecule has 1 atom stereocenters. The Kier molecular flexibility index (Phi) is 5.87. The molecule has 5 nitrogen and oxygen atoms in total. The SMILES string of the molecule is Cc1cccc(-c2nc(CC(=O)NCC(C)(O)c3ccc(Cl)cc3)c(C)o2)c1. The average molecular weight is 399 g/mol. The molecular weight excluding hydrogens is 376 g/mol. The summed E-state index contributed by atoms with van der Waals surface area (Å²) in [6.45, 7) is 5.52. The summed E-state index contributed by atoms with van der Waals surface area (Å²) >= 11 is 5.88. The van der Waals surface area contributed by atoms with E-state index in [1.165, 1.54) is 0 Å². The lowest BCUT2D eigenvalue weighted by atomic mass is 9.96. The lowest BCUT2D eigenvalue weighted by Crippen LogP contribution is -2.39. The number of hydrogen-bond acceptors (Lipinski definition) is 4. The van der Waals surface area contributed by atoms with E-state index in [4.69, 9.17) is 16.0 Å². The lowest BCUT2D eigenvalue weighted by molar-refractivity contribution is -0.121. The van der Waals surface area contributed by atoms with Crippen molar-refractivity contribution in [2.24, 2.45) is 0 Å². The van der Waals surface area contributed by atoms with Crippen LogP contribution in [0.2, 0.25) is 5.02 Å². The Hall–Kier alpha value is -2.63. The van der Waals surface area contributed by atoms with Gasteiger partial charge in [0.05, 0.1) is 18.7 Å². The predicted molar refractivity (Wildman–Crippen MR) is 109 cm³/mol. The summed E-state index contributed by atoms with van der Waals surface area (Å²) in [5, 5.41) is 14.0. The molecule has 1 heterocycles. The minimum absolute atomic E-state index is 0.0785. The zero-order chi connectivity index (χ0) is 20.3. The summed E-state index contributed by atoms with van der Waals surface area (Å²) in [7, 11) is 0. The predicted octanol–water partition coefficient (Wildman–Crippen LogP) is 4.18. The van der Waals surface area contributed by atoms with Gasteiger partial charge in [-0.05, 0) is 50.6 Å². The summed E-state index contributed by atoms with van der Waals surface area (Å²) in [5.74, 6) is 0.870. The molecule has 0 saturated carbocycles. The zero-order valence-electron chi connectivity index (χ0n) is 16.1. The van der Waals surface area contributed by atoms with Crippen LogP contribution in [0, 0.1) is 13.8 Å². The van der Waals surface area contributed by atoms with Crippen LogP contribution in [0.1, 0.15) is 29.5 Å². The molecule has 3 aromatic rings. The van der Waals surface area contributed by atoms with E-state index in [0.29, 0.717) is 27.9 Å². The third-order valence-electron chi connectivity index (χ3n) is 4.58. The highest BCUT2D eigenvalue weighted by molar-refractivity contribution is 6.30. The maximum absolute atomic E-state index is 12.4. The average Bonchev–Trinajstić information content (AvgIpc) is 3.01. The van der Waals surface area contributed by atoms with Crippen molar-refractivity contribution in [3.8, 4) is 11.5 Å². The van der Waals surface area contributed by atoms with Crippen LogP contribution in [0.25, 0.3) is 11.5 Å². The summed E-state index contributed by atoms with van der Waals surface area (Å²) in [6, 6.07) is 14.7. The highest BCUT2D eigenvalue weighted by atomic mass is 35.5. The summed E-state index contributed by atoms with van der Waals surface area (Å²) in [4.78, 5) is 16.8. The van der Waals surface area contributed by atoms with Crippen LogP contribution in [-0.4, -0.2) is 22.5 Å². The number of carbonyl (C=O) groups is 1. The quantitative estimate of drug-likeness (QED) is 0.653. The second-order valence-electron chi connectivity index (χ2n) is 7.13. The number of hydrogen-bond donors (Lipinski definition) is 2. The monoisotopic (exact) mass is 398 g/mol. The van der Waals surface area contributed by atoms with E-state index in [-0.39, 0.29) is 18.9 Å². The molecule has 3 rings (SSSR count). The first-order valence-corrected chi connectivity index (χ1v) is 9.41. The van der Waals surface area contributed by atoms with Gasteiger partial charge in [-0.25, -0.2) is 4.98 Å². The molecule has 0 saturated heterocycles. The number of benzene rings is 2. The van der Waals surface area contributed by atoms with E-state index in [0.717, 1.165) is 11.1 Å². The van der Waals surface area contributed by atoms with Crippen molar-refractivity contribution in [1.29, 1.82) is 0 Å². The first-order valence-electron chi connectivity index (χ1n) is 9.03. The largest absolute Gasteiger partial charge is 0.441 e. The highest BCUT2D eigenvalue weighted by Crippen LogP contribution is 2.24. The van der Waals surface area contributed by atoms with Gasteiger partial charge in [-0.2, -0.15) is 0 Å². The minimum atomic E-state index is -1.20. The molecule has 0 aliphatic heterocycles. The lowest BCUT2D eigenvalue weighted by Gasteiger charge is -2.24. The molecule has 146 valence electrons. The van der Waals surface area contributed by atoms with Crippen molar-refractivity contribution in [3.05, 3.63) is 76.1 Å². The van der Waals surface area contributed by atoms with E-state index in [2.05, 4.69) is 10.3 Å². The fourth-order valence-electron chi connectivity index (χ4n) is 2.89. The van der Waals surface area contributed by atoms with Gasteiger partial charge < -0.3 is 14.8 Å². The van der Waals surface area contributed by atoms with Gasteiger partial charge >= 0.3 is 0 Å². The molecule has 0 bridgehead atoms. The molecule has 2 N–H and O–H groups in total. The maximum Gasteiger partial charge on any atom is 0.226 e. The number of nitrogens with one attached hydrogen (secondary N) is 1. The number of aryl methyl sites for hydroxylation is 2. The van der Waals surface area contributed by atoms with Crippen LogP contribution in [0.15, 0.2) is 52.9 Å². The van der Waals surface area contributed by atoms with E-state index in [1.807, 2.05) is 31.2 Å². The fraction of sp³-hybridized carbons (Fsp3) is 0.273. The molecule has 0 aliphatic carbocycles. The van der Waals surface area contributed by atoms with Crippen LogP contribution < -0.4 is 5.32 Å². The van der Waals surface area contributed by atoms with Gasteiger partial charge in [0, 0.05) is 10.6 Å². The van der Waals surface area contributed by atoms with Gasteiger partial charge in [-0.1, -0.05) is 41.4 Å². The van der Waals surface area contributed by atoms with Crippen LogP contribution in [-0.2, 0) is 16.8 Å². The Morgan fingerprint density at radius 2 is 1.93 bits per heavy atom. The minimum Gasteiger partial charge on any atom is -0.441 e. The summed E-state index contributed by atoms with van der Waals surface area (Å²) in [6.07, 6.45) is 0.0812. The summed E-state index contributed by atoms with van der Waals surface area (Å²) < 4.78 is 5.73. The van der Waals surface area contributed by atoms with Crippen molar-refractivity contribution in [2.45, 2.75) is 32.8 Å². The van der Waals surface area contributed by atoms with Gasteiger partial charge in [0.2, 0.25) is 11.8 Å². The maximum atomic E-state index is 12.4. The number of aliphatic hydroxyl groups is 1. The molecule has 0 fully saturated rings. The zero-order valence-corrected chi connectivity index (χ0v) is 16.9. The molecule has 1 aromatic heterocycles. The molecular formula is C22H23ClN2O3. The molecule has 6 heteroatoms. The number of aromatic nitrogens is 1. The molecule has 1 unspecified atom stereocenters. The standard InChI is InChI=1S/C22H23ClN2O3/c1-14-5-4-6-16(11-14)21-25-19(15(2)28-21)12-20(26)24-13-22(3,27)17-7-9-18(23)10-8-17/h4-11,27H,12-13H2,1-3H3,(H,24,26). The highest BCUT2D eigenvalue weighted by Gasteiger charge is 2.24. The fourth-order valence-corrected chi connectivity index (χ4v) is 3.02. The molecule has 0 spiro atoms. The van der Waals surface area contributed by atoms with E-state index < -0.39 is 5.60 Å². The van der Waals surface area contributed by atoms with E-state index >= 15 is 0 Å². The van der Waals surface area contributed by atoms with E-state index in [1.54, 1.807) is 38.1 Å². The van der Waals surface area contributed by atoms with E-state index in [9.17, 15) is 9.90 Å². The normalized spacial score (nSPS) is 13.2. The second-order valence-corrected chi connectivity index (χ2v) is 7.56. The van der Waals surface area contributed by atoms with Gasteiger partial charge in [-0.3, -0.25) is 4.79 Å². The Morgan fingerprint density at radius 3 is 2.61 bits per heavy atom. The molecule has 0 radical (unpaired) electrons. The number of rotatable bonds is 6. The van der Waals surface area contributed by atoms with Crippen LogP contribution in [0.5, 0.6) is 0 Å². The topological polar surface area (TPSA) is 75.4 Å². The van der Waals surface area contributed by atoms with Gasteiger partial charge in [0.25, 0.3) is 0 Å². The molecule has 2 aromatic carbocycles. The smallest absolute Gasteiger partial charge is 0.226 e. The third-order valence-corrected chi connectivity index (χ3v) is 4.83. The van der Waals surface area contributed by atoms with Gasteiger partial charge in [0.15, 0.2) is 0 Å². The van der Waals surface area contributed by atoms with Crippen molar-refractivity contribution < 1.29 is 14.3 Å². The first-order chi connectivity index (χ1) is 13.2. The number of carbonyl (C=O) groups excluding carboxylic acids is 1.